The number of amides is 2. The summed E-state index contributed by atoms with van der Waals surface area (Å²) in [6.45, 7) is 5.05. The molecule has 1 saturated heterocycles. The fourth-order valence-electron chi connectivity index (χ4n) is 3.83. The van der Waals surface area contributed by atoms with Crippen molar-refractivity contribution in [2.75, 3.05) is 18.4 Å². The van der Waals surface area contributed by atoms with Crippen molar-refractivity contribution in [3.05, 3.63) is 64.3 Å². The first kappa shape index (κ1) is 19.5. The highest BCUT2D eigenvalue weighted by Crippen LogP contribution is 2.25. The van der Waals surface area contributed by atoms with Gasteiger partial charge in [0.05, 0.1) is 5.92 Å². The van der Waals surface area contributed by atoms with Gasteiger partial charge in [-0.2, -0.15) is 0 Å². The van der Waals surface area contributed by atoms with Gasteiger partial charge < -0.3 is 15.2 Å². The summed E-state index contributed by atoms with van der Waals surface area (Å²) >= 11 is 6.13. The number of nitrogens with one attached hydrogen (secondary N) is 2. The standard InChI is InChI=1S/C23H24ClN3O2/c1-14-3-6-21-19(9-14)16(12-25-21)7-8-27-13-17(10-22(27)28)23(29)26-18-5-4-15(2)20(24)11-18/h3-6,9,11-12,17,25H,7-8,10,13H2,1-2H3,(H,26,29)/t17-/m0/s1. The third kappa shape index (κ3) is 4.15. The van der Waals surface area contributed by atoms with Gasteiger partial charge in [0.1, 0.15) is 0 Å². The van der Waals surface area contributed by atoms with Crippen molar-refractivity contribution in [2.24, 2.45) is 5.92 Å². The lowest BCUT2D eigenvalue weighted by molar-refractivity contribution is -0.128. The van der Waals surface area contributed by atoms with E-state index in [1.807, 2.05) is 25.3 Å². The Kier molecular flexibility index (Phi) is 5.33. The Morgan fingerprint density at radius 2 is 2.07 bits per heavy atom. The van der Waals surface area contributed by atoms with E-state index in [0.717, 1.165) is 17.5 Å². The van der Waals surface area contributed by atoms with E-state index in [4.69, 9.17) is 11.6 Å². The summed E-state index contributed by atoms with van der Waals surface area (Å²) in [5, 5.41) is 4.69. The van der Waals surface area contributed by atoms with E-state index >= 15 is 0 Å². The van der Waals surface area contributed by atoms with Crippen LogP contribution in [0.15, 0.2) is 42.6 Å². The summed E-state index contributed by atoms with van der Waals surface area (Å²) in [4.78, 5) is 30.1. The minimum atomic E-state index is -0.340. The lowest BCUT2D eigenvalue weighted by Crippen LogP contribution is -2.30. The molecule has 0 radical (unpaired) electrons. The second-order valence-electron chi connectivity index (χ2n) is 7.81. The SMILES string of the molecule is Cc1ccc2[nH]cc(CCN3C[C@@H](C(=O)Nc4ccc(C)c(Cl)c4)CC3=O)c2c1. The zero-order valence-corrected chi connectivity index (χ0v) is 17.3. The topological polar surface area (TPSA) is 65.2 Å². The molecule has 0 saturated carbocycles. The van der Waals surface area contributed by atoms with Crippen molar-refractivity contribution in [2.45, 2.75) is 26.7 Å². The van der Waals surface area contributed by atoms with Crippen LogP contribution in [-0.2, 0) is 16.0 Å². The van der Waals surface area contributed by atoms with Gasteiger partial charge in [0.15, 0.2) is 0 Å². The minimum absolute atomic E-state index is 0.0307. The van der Waals surface area contributed by atoms with E-state index in [9.17, 15) is 9.59 Å². The highest BCUT2D eigenvalue weighted by Gasteiger charge is 2.34. The molecule has 1 atom stereocenters. The van der Waals surface area contributed by atoms with E-state index < -0.39 is 0 Å². The van der Waals surface area contributed by atoms with Crippen LogP contribution in [0.2, 0.25) is 5.02 Å². The largest absolute Gasteiger partial charge is 0.361 e. The summed E-state index contributed by atoms with van der Waals surface area (Å²) in [6, 6.07) is 11.8. The number of carbonyl (C=O) groups excluding carboxylic acids is 2. The van der Waals surface area contributed by atoms with Crippen LogP contribution in [0.4, 0.5) is 5.69 Å². The van der Waals surface area contributed by atoms with Crippen LogP contribution in [0.3, 0.4) is 0 Å². The summed E-state index contributed by atoms with van der Waals surface area (Å²) < 4.78 is 0. The number of carbonyl (C=O) groups is 2. The van der Waals surface area contributed by atoms with Crippen LogP contribution in [0.5, 0.6) is 0 Å². The maximum Gasteiger partial charge on any atom is 0.229 e. The molecule has 2 heterocycles. The van der Waals surface area contributed by atoms with Crippen molar-refractivity contribution in [3.63, 3.8) is 0 Å². The molecule has 150 valence electrons. The van der Waals surface area contributed by atoms with Crippen molar-refractivity contribution in [1.82, 2.24) is 9.88 Å². The number of rotatable bonds is 5. The van der Waals surface area contributed by atoms with Gasteiger partial charge >= 0.3 is 0 Å². The number of aromatic amines is 1. The smallest absolute Gasteiger partial charge is 0.229 e. The van der Waals surface area contributed by atoms with E-state index in [2.05, 4.69) is 35.4 Å². The number of likely N-dealkylation sites (tertiary alicyclic amines) is 1. The molecule has 3 aromatic rings. The molecule has 2 N–H and O–H groups in total. The molecule has 1 aliphatic rings. The Bertz CT molecular complexity index is 1090. The number of halogens is 1. The van der Waals surface area contributed by atoms with Gasteiger partial charge in [0.25, 0.3) is 0 Å². The summed E-state index contributed by atoms with van der Waals surface area (Å²) in [7, 11) is 0. The first-order chi connectivity index (χ1) is 13.9. The molecular weight excluding hydrogens is 386 g/mol. The van der Waals surface area contributed by atoms with Gasteiger partial charge in [-0.15, -0.1) is 0 Å². The molecule has 4 rings (SSSR count). The monoisotopic (exact) mass is 409 g/mol. The van der Waals surface area contributed by atoms with Gasteiger partial charge in [-0.1, -0.05) is 29.3 Å². The number of fused-ring (bicyclic) bond motifs is 1. The Labute approximate surface area is 175 Å². The number of benzene rings is 2. The zero-order valence-electron chi connectivity index (χ0n) is 16.6. The predicted molar refractivity (Wildman–Crippen MR) is 116 cm³/mol. The van der Waals surface area contributed by atoms with Crippen LogP contribution in [0.1, 0.15) is 23.1 Å². The van der Waals surface area contributed by atoms with Crippen molar-refractivity contribution >= 4 is 40.0 Å². The first-order valence-corrected chi connectivity index (χ1v) is 10.2. The third-order valence-corrected chi connectivity index (χ3v) is 6.01. The average molecular weight is 410 g/mol. The van der Waals surface area contributed by atoms with Crippen LogP contribution in [-0.4, -0.2) is 34.8 Å². The van der Waals surface area contributed by atoms with Crippen LogP contribution in [0.25, 0.3) is 10.9 Å². The van der Waals surface area contributed by atoms with Crippen molar-refractivity contribution < 1.29 is 9.59 Å². The first-order valence-electron chi connectivity index (χ1n) is 9.82. The molecule has 29 heavy (non-hydrogen) atoms. The average Bonchev–Trinajstić information content (AvgIpc) is 3.26. The quantitative estimate of drug-likeness (QED) is 0.653. The van der Waals surface area contributed by atoms with Crippen LogP contribution >= 0.6 is 11.6 Å². The zero-order chi connectivity index (χ0) is 20.5. The Morgan fingerprint density at radius 1 is 1.24 bits per heavy atom. The summed E-state index contributed by atoms with van der Waals surface area (Å²) in [5.41, 5.74) is 5.12. The van der Waals surface area contributed by atoms with E-state index in [0.29, 0.717) is 23.8 Å². The second kappa shape index (κ2) is 7.91. The predicted octanol–water partition coefficient (Wildman–Crippen LogP) is 4.47. The fourth-order valence-corrected chi connectivity index (χ4v) is 4.01. The maximum absolute atomic E-state index is 12.6. The lowest BCUT2D eigenvalue weighted by atomic mass is 10.1. The summed E-state index contributed by atoms with van der Waals surface area (Å²) in [6.07, 6.45) is 3.02. The van der Waals surface area contributed by atoms with E-state index in [1.54, 1.807) is 11.0 Å². The van der Waals surface area contributed by atoms with Crippen molar-refractivity contribution in [3.8, 4) is 0 Å². The number of H-pyrrole nitrogens is 1. The Balaban J connectivity index is 1.37. The molecular formula is C23H24ClN3O2. The van der Waals surface area contributed by atoms with Crippen LogP contribution in [0, 0.1) is 19.8 Å². The Hall–Kier alpha value is -2.79. The van der Waals surface area contributed by atoms with Gasteiger partial charge in [0, 0.05) is 47.3 Å². The normalized spacial score (nSPS) is 16.6. The molecule has 5 nitrogen and oxygen atoms in total. The van der Waals surface area contributed by atoms with Crippen LogP contribution < -0.4 is 5.32 Å². The Morgan fingerprint density at radius 3 is 2.86 bits per heavy atom. The third-order valence-electron chi connectivity index (χ3n) is 5.60. The summed E-state index contributed by atoms with van der Waals surface area (Å²) in [5.74, 6) is -0.445. The van der Waals surface area contributed by atoms with Crippen molar-refractivity contribution in [1.29, 1.82) is 0 Å². The molecule has 0 unspecified atom stereocenters. The van der Waals surface area contributed by atoms with E-state index in [-0.39, 0.29) is 24.2 Å². The number of hydrogen-bond donors (Lipinski definition) is 2. The van der Waals surface area contributed by atoms with Gasteiger partial charge in [-0.3, -0.25) is 9.59 Å². The van der Waals surface area contributed by atoms with Gasteiger partial charge in [0.2, 0.25) is 11.8 Å². The lowest BCUT2D eigenvalue weighted by Gasteiger charge is -2.16. The fraction of sp³-hybridized carbons (Fsp3) is 0.304. The number of aromatic nitrogens is 1. The molecule has 2 amide bonds. The minimum Gasteiger partial charge on any atom is -0.361 e. The van der Waals surface area contributed by atoms with E-state index in [1.165, 1.54) is 16.5 Å². The number of nitrogens with zero attached hydrogens (tertiary/aromatic N) is 1. The molecule has 1 fully saturated rings. The highest BCUT2D eigenvalue weighted by atomic mass is 35.5. The van der Waals surface area contributed by atoms with Gasteiger partial charge in [-0.25, -0.2) is 0 Å². The molecule has 1 aromatic heterocycles. The molecule has 0 bridgehead atoms. The second-order valence-corrected chi connectivity index (χ2v) is 8.21. The molecule has 2 aromatic carbocycles. The number of aryl methyl sites for hydroxylation is 2. The number of anilines is 1. The maximum atomic E-state index is 12.6. The molecule has 0 spiro atoms. The molecule has 0 aliphatic carbocycles. The number of hydrogen-bond acceptors (Lipinski definition) is 2. The molecule has 1 aliphatic heterocycles. The van der Waals surface area contributed by atoms with Gasteiger partial charge in [-0.05, 0) is 55.7 Å². The highest BCUT2D eigenvalue weighted by molar-refractivity contribution is 6.31. The molecule has 6 heteroatoms.